The molecule has 9 heteroatoms. The second kappa shape index (κ2) is 45.8. The zero-order chi connectivity index (χ0) is 45.5. The van der Waals surface area contributed by atoms with Gasteiger partial charge in [-0.05, 0) is 57.8 Å². The Kier molecular flexibility index (Phi) is 44.4. The molecule has 0 aromatic carbocycles. The number of hydrogen-bond acceptors (Lipinski definition) is 7. The standard InChI is InChI=1S/C53H98NO7P/c1-6-8-10-12-14-16-18-20-22-24-26-27-28-30-32-34-36-38-40-42-44-46-53(55)61-52(51-60-62(56,57)59-49-47-54(3,4)5)50-58-48-45-43-41-39-37-35-33-31-29-25-23-21-19-17-15-13-11-9-7-2/h8,10,14,16,20,22,26-27,30,32,52H,6-7,9,11-13,15,17-19,21,23-25,28-29,31,33-51H2,1-5H3/b10-8-,16-14-,22-20-,27-26-,32-30-. The lowest BCUT2D eigenvalue weighted by molar-refractivity contribution is -0.870. The summed E-state index contributed by atoms with van der Waals surface area (Å²) in [6.07, 6.45) is 58.1. The van der Waals surface area contributed by atoms with Crippen molar-refractivity contribution >= 4 is 13.8 Å². The number of likely N-dealkylation sites (N-methyl/N-ethyl adjacent to an activating group) is 1. The molecular weight excluding hydrogens is 794 g/mol. The number of phosphoric ester groups is 1. The molecule has 362 valence electrons. The van der Waals surface area contributed by atoms with Gasteiger partial charge in [-0.3, -0.25) is 9.36 Å². The zero-order valence-electron chi connectivity index (χ0n) is 41.1. The van der Waals surface area contributed by atoms with Crippen molar-refractivity contribution in [2.75, 3.05) is 54.1 Å². The molecule has 0 N–H and O–H groups in total. The summed E-state index contributed by atoms with van der Waals surface area (Å²) < 4.78 is 34.7. The number of quaternary nitrogens is 1. The topological polar surface area (TPSA) is 94.1 Å². The Labute approximate surface area is 383 Å². The molecule has 8 nitrogen and oxygen atoms in total. The predicted octanol–water partition coefficient (Wildman–Crippen LogP) is 15.0. The molecule has 0 aromatic rings. The Morgan fingerprint density at radius 2 is 0.935 bits per heavy atom. The molecule has 2 unspecified atom stereocenters. The first-order chi connectivity index (χ1) is 30.1. The van der Waals surface area contributed by atoms with Crippen molar-refractivity contribution in [3.8, 4) is 0 Å². The molecule has 0 aliphatic rings. The summed E-state index contributed by atoms with van der Waals surface area (Å²) in [5.74, 6) is -0.351. The van der Waals surface area contributed by atoms with Gasteiger partial charge in [0.15, 0.2) is 0 Å². The van der Waals surface area contributed by atoms with Crippen LogP contribution in [0.4, 0.5) is 0 Å². The molecule has 0 aromatic heterocycles. The third-order valence-corrected chi connectivity index (χ3v) is 11.8. The normalized spacial score (nSPS) is 14.1. The first kappa shape index (κ1) is 60.2. The number of carbonyl (C=O) groups is 1. The van der Waals surface area contributed by atoms with Crippen molar-refractivity contribution in [1.82, 2.24) is 0 Å². The summed E-state index contributed by atoms with van der Waals surface area (Å²) in [5, 5.41) is 0. The number of esters is 1. The van der Waals surface area contributed by atoms with Crippen LogP contribution in [-0.4, -0.2) is 70.7 Å². The number of ether oxygens (including phenoxy) is 2. The highest BCUT2D eigenvalue weighted by Gasteiger charge is 2.20. The first-order valence-corrected chi connectivity index (χ1v) is 27.0. The van der Waals surface area contributed by atoms with Crippen LogP contribution in [0.1, 0.15) is 213 Å². The van der Waals surface area contributed by atoms with Crippen LogP contribution in [0.3, 0.4) is 0 Å². The Hall–Kier alpha value is -1.80. The van der Waals surface area contributed by atoms with E-state index in [1.54, 1.807) is 0 Å². The van der Waals surface area contributed by atoms with Crippen molar-refractivity contribution < 1.29 is 37.3 Å². The maximum atomic E-state index is 12.7. The lowest BCUT2D eigenvalue weighted by Crippen LogP contribution is -2.37. The van der Waals surface area contributed by atoms with Crippen molar-refractivity contribution in [3.05, 3.63) is 60.8 Å². The molecule has 2 atom stereocenters. The zero-order valence-corrected chi connectivity index (χ0v) is 42.0. The van der Waals surface area contributed by atoms with Crippen molar-refractivity contribution in [2.45, 2.75) is 219 Å². The second-order valence-corrected chi connectivity index (χ2v) is 19.6. The second-order valence-electron chi connectivity index (χ2n) is 18.2. The minimum atomic E-state index is -4.54. The van der Waals surface area contributed by atoms with Gasteiger partial charge < -0.3 is 27.9 Å². The lowest BCUT2D eigenvalue weighted by Gasteiger charge is -2.28. The van der Waals surface area contributed by atoms with Gasteiger partial charge in [0.25, 0.3) is 7.82 Å². The minimum absolute atomic E-state index is 0.0208. The van der Waals surface area contributed by atoms with E-state index < -0.39 is 13.9 Å². The number of allylic oxidation sites excluding steroid dienone is 10. The molecule has 0 saturated carbocycles. The molecule has 0 saturated heterocycles. The highest BCUT2D eigenvalue weighted by atomic mass is 31.2. The smallest absolute Gasteiger partial charge is 0.306 e. The van der Waals surface area contributed by atoms with E-state index in [2.05, 4.69) is 74.6 Å². The van der Waals surface area contributed by atoms with Crippen LogP contribution >= 0.6 is 7.82 Å². The van der Waals surface area contributed by atoms with Gasteiger partial charge in [0.1, 0.15) is 19.3 Å². The van der Waals surface area contributed by atoms with E-state index >= 15 is 0 Å². The molecule has 0 spiro atoms. The number of unbranched alkanes of at least 4 members (excludes halogenated alkanes) is 23. The molecule has 0 fully saturated rings. The first-order valence-electron chi connectivity index (χ1n) is 25.5. The third-order valence-electron chi connectivity index (χ3n) is 10.8. The van der Waals surface area contributed by atoms with Crippen molar-refractivity contribution in [1.29, 1.82) is 0 Å². The van der Waals surface area contributed by atoms with Gasteiger partial charge in [-0.15, -0.1) is 0 Å². The Morgan fingerprint density at radius 3 is 1.40 bits per heavy atom. The molecule has 0 heterocycles. The van der Waals surface area contributed by atoms with Gasteiger partial charge in [-0.2, -0.15) is 0 Å². The number of phosphoric acid groups is 1. The SMILES string of the molecule is CC/C=C\C/C=C\C/C=C\C/C=C\C/C=C\CCCCCCCC(=O)OC(COCCCCCCCCCCCCCCCCCCCCC)COP(=O)([O-])OCC[N+](C)(C)C. The van der Waals surface area contributed by atoms with Crippen LogP contribution in [0.25, 0.3) is 0 Å². The lowest BCUT2D eigenvalue weighted by atomic mass is 10.0. The van der Waals surface area contributed by atoms with Crippen LogP contribution in [-0.2, 0) is 27.9 Å². The van der Waals surface area contributed by atoms with Crippen LogP contribution in [0, 0.1) is 0 Å². The maximum Gasteiger partial charge on any atom is 0.306 e. The van der Waals surface area contributed by atoms with E-state index in [4.69, 9.17) is 18.5 Å². The molecule has 0 aliphatic carbocycles. The van der Waals surface area contributed by atoms with Gasteiger partial charge in [0.2, 0.25) is 0 Å². The molecular formula is C53H98NO7P. The van der Waals surface area contributed by atoms with E-state index in [9.17, 15) is 14.3 Å². The van der Waals surface area contributed by atoms with E-state index in [0.29, 0.717) is 24.1 Å². The molecule has 0 amide bonds. The monoisotopic (exact) mass is 892 g/mol. The quantitative estimate of drug-likeness (QED) is 0.0197. The fraction of sp³-hybridized carbons (Fsp3) is 0.792. The average Bonchev–Trinajstić information content (AvgIpc) is 3.23. The number of carbonyl (C=O) groups excluding carboxylic acids is 1. The van der Waals surface area contributed by atoms with Gasteiger partial charge in [-0.1, -0.05) is 209 Å². The average molecular weight is 892 g/mol. The number of rotatable bonds is 47. The van der Waals surface area contributed by atoms with Crippen molar-refractivity contribution in [3.63, 3.8) is 0 Å². The van der Waals surface area contributed by atoms with Gasteiger partial charge in [0, 0.05) is 13.0 Å². The highest BCUT2D eigenvalue weighted by Crippen LogP contribution is 2.38. The van der Waals surface area contributed by atoms with E-state index in [1.165, 1.54) is 109 Å². The van der Waals surface area contributed by atoms with Crippen LogP contribution < -0.4 is 4.89 Å². The summed E-state index contributed by atoms with van der Waals surface area (Å²) in [6, 6.07) is 0. The Bertz CT molecular complexity index is 1170. The van der Waals surface area contributed by atoms with Crippen LogP contribution in [0.15, 0.2) is 60.8 Å². The summed E-state index contributed by atoms with van der Waals surface area (Å²) in [5.41, 5.74) is 0. The van der Waals surface area contributed by atoms with Gasteiger partial charge in [-0.25, -0.2) is 0 Å². The molecule has 0 rings (SSSR count). The molecule has 0 aliphatic heterocycles. The maximum absolute atomic E-state index is 12.7. The third kappa shape index (κ3) is 49.2. The molecule has 62 heavy (non-hydrogen) atoms. The number of hydrogen-bond donors (Lipinski definition) is 0. The fourth-order valence-corrected chi connectivity index (χ4v) is 7.66. The summed E-state index contributed by atoms with van der Waals surface area (Å²) in [7, 11) is 1.34. The summed E-state index contributed by atoms with van der Waals surface area (Å²) >= 11 is 0. The fourth-order valence-electron chi connectivity index (χ4n) is 6.93. The molecule has 0 radical (unpaired) electrons. The van der Waals surface area contributed by atoms with Crippen LogP contribution in [0.5, 0.6) is 0 Å². The molecule has 0 bridgehead atoms. The van der Waals surface area contributed by atoms with Crippen molar-refractivity contribution in [2.24, 2.45) is 0 Å². The largest absolute Gasteiger partial charge is 0.756 e. The van der Waals surface area contributed by atoms with Crippen LogP contribution in [0.2, 0.25) is 0 Å². The Balaban J connectivity index is 4.19. The van der Waals surface area contributed by atoms with E-state index in [-0.39, 0.29) is 25.8 Å². The highest BCUT2D eigenvalue weighted by molar-refractivity contribution is 7.45. The van der Waals surface area contributed by atoms with E-state index in [0.717, 1.165) is 83.5 Å². The van der Waals surface area contributed by atoms with Gasteiger partial charge >= 0.3 is 5.97 Å². The summed E-state index contributed by atoms with van der Waals surface area (Å²) in [4.78, 5) is 25.2. The van der Waals surface area contributed by atoms with E-state index in [1.807, 2.05) is 21.1 Å². The Morgan fingerprint density at radius 1 is 0.516 bits per heavy atom. The number of nitrogens with zero attached hydrogens (tertiary/aromatic N) is 1. The predicted molar refractivity (Wildman–Crippen MR) is 263 cm³/mol. The minimum Gasteiger partial charge on any atom is -0.756 e. The van der Waals surface area contributed by atoms with Gasteiger partial charge in [0.05, 0.1) is 34.4 Å². The summed E-state index contributed by atoms with van der Waals surface area (Å²) in [6.45, 7) is 5.30.